The zero-order valence-electron chi connectivity index (χ0n) is 7.12. The Balaban J connectivity index is 2.37. The molecule has 0 aromatic rings. The Morgan fingerprint density at radius 3 is 3.08 bits per heavy atom. The van der Waals surface area contributed by atoms with Crippen molar-refractivity contribution in [1.82, 2.24) is 4.90 Å². The van der Waals surface area contributed by atoms with E-state index in [1.54, 1.807) is 12.0 Å². The Hall–Kier alpha value is -1.08. The lowest BCUT2D eigenvalue weighted by atomic mass is 10.3. The second-order valence-electron chi connectivity index (χ2n) is 2.82. The number of carbonyl (C=O) groups excluding carboxylic acids is 1. The van der Waals surface area contributed by atoms with E-state index in [9.17, 15) is 4.79 Å². The van der Waals surface area contributed by atoms with Gasteiger partial charge in [-0.3, -0.25) is 4.79 Å². The van der Waals surface area contributed by atoms with Crippen molar-refractivity contribution in [2.75, 3.05) is 20.2 Å². The van der Waals surface area contributed by atoms with Crippen LogP contribution < -0.4 is 0 Å². The van der Waals surface area contributed by atoms with Gasteiger partial charge in [-0.1, -0.05) is 0 Å². The first kappa shape index (κ1) is 9.01. The van der Waals surface area contributed by atoms with Crippen LogP contribution in [-0.2, 0) is 9.53 Å². The summed E-state index contributed by atoms with van der Waals surface area (Å²) in [7, 11) is 1.64. The number of carbonyl (C=O) groups is 1. The molecule has 1 amide bonds. The van der Waals surface area contributed by atoms with Gasteiger partial charge in [0.25, 0.3) is 0 Å². The normalized spacial score (nSPS) is 22.3. The van der Waals surface area contributed by atoms with E-state index in [1.165, 1.54) is 0 Å². The molecule has 0 N–H and O–H groups in total. The third kappa shape index (κ3) is 1.95. The van der Waals surface area contributed by atoms with Crippen LogP contribution in [0.4, 0.5) is 0 Å². The lowest BCUT2D eigenvalue weighted by Crippen LogP contribution is -2.29. The number of methoxy groups -OCH3 is 1. The second-order valence-corrected chi connectivity index (χ2v) is 2.82. The van der Waals surface area contributed by atoms with E-state index in [2.05, 4.69) is 0 Å². The third-order valence-corrected chi connectivity index (χ3v) is 2.06. The van der Waals surface area contributed by atoms with Gasteiger partial charge in [0.2, 0.25) is 5.91 Å². The summed E-state index contributed by atoms with van der Waals surface area (Å²) in [5.74, 6) is -0.0861. The molecule has 0 radical (unpaired) electrons. The zero-order valence-corrected chi connectivity index (χ0v) is 7.12. The molecule has 1 atom stereocenters. The number of hydrogen-bond donors (Lipinski definition) is 0. The summed E-state index contributed by atoms with van der Waals surface area (Å²) in [6.45, 7) is 1.36. The SMILES string of the molecule is CO[C@H]1CCN(C(=O)CC#N)C1. The van der Waals surface area contributed by atoms with Gasteiger partial charge in [0.15, 0.2) is 0 Å². The largest absolute Gasteiger partial charge is 0.380 e. The Morgan fingerprint density at radius 2 is 2.58 bits per heavy atom. The molecule has 12 heavy (non-hydrogen) atoms. The van der Waals surface area contributed by atoms with Crippen LogP contribution in [-0.4, -0.2) is 37.1 Å². The minimum absolute atomic E-state index is 0.0174. The van der Waals surface area contributed by atoms with E-state index in [-0.39, 0.29) is 18.4 Å². The van der Waals surface area contributed by atoms with Gasteiger partial charge in [-0.15, -0.1) is 0 Å². The molecule has 0 aliphatic carbocycles. The molecular weight excluding hydrogens is 156 g/mol. The van der Waals surface area contributed by atoms with E-state index in [1.807, 2.05) is 6.07 Å². The van der Waals surface area contributed by atoms with Gasteiger partial charge >= 0.3 is 0 Å². The maximum absolute atomic E-state index is 11.2. The van der Waals surface area contributed by atoms with Crippen molar-refractivity contribution in [1.29, 1.82) is 5.26 Å². The van der Waals surface area contributed by atoms with Crippen LogP contribution in [0.5, 0.6) is 0 Å². The number of likely N-dealkylation sites (tertiary alicyclic amines) is 1. The smallest absolute Gasteiger partial charge is 0.236 e. The van der Waals surface area contributed by atoms with E-state index in [0.717, 1.165) is 13.0 Å². The highest BCUT2D eigenvalue weighted by Crippen LogP contribution is 2.12. The van der Waals surface area contributed by atoms with Crippen LogP contribution in [0.2, 0.25) is 0 Å². The molecule has 1 rings (SSSR count). The molecule has 4 nitrogen and oxygen atoms in total. The summed E-state index contributed by atoms with van der Waals surface area (Å²) >= 11 is 0. The maximum atomic E-state index is 11.2. The minimum Gasteiger partial charge on any atom is -0.380 e. The quantitative estimate of drug-likeness (QED) is 0.589. The lowest BCUT2D eigenvalue weighted by molar-refractivity contribution is -0.129. The van der Waals surface area contributed by atoms with E-state index in [0.29, 0.717) is 6.54 Å². The summed E-state index contributed by atoms with van der Waals surface area (Å²) in [6, 6.07) is 1.85. The molecule has 1 saturated heterocycles. The fraction of sp³-hybridized carbons (Fsp3) is 0.750. The van der Waals surface area contributed by atoms with Gasteiger partial charge in [-0.05, 0) is 6.42 Å². The fourth-order valence-corrected chi connectivity index (χ4v) is 1.33. The molecule has 1 aliphatic heterocycles. The van der Waals surface area contributed by atoms with Crippen LogP contribution in [0, 0.1) is 11.3 Å². The Labute approximate surface area is 71.7 Å². The zero-order chi connectivity index (χ0) is 8.97. The minimum atomic E-state index is -0.0861. The van der Waals surface area contributed by atoms with Crippen LogP contribution in [0.15, 0.2) is 0 Å². The van der Waals surface area contributed by atoms with Crippen molar-refractivity contribution in [3.8, 4) is 6.07 Å². The number of hydrogen-bond acceptors (Lipinski definition) is 3. The molecular formula is C8H12N2O2. The number of nitrogens with zero attached hydrogens (tertiary/aromatic N) is 2. The molecule has 0 bridgehead atoms. The average molecular weight is 168 g/mol. The molecule has 66 valence electrons. The monoisotopic (exact) mass is 168 g/mol. The van der Waals surface area contributed by atoms with Crippen LogP contribution in [0.25, 0.3) is 0 Å². The molecule has 0 aromatic carbocycles. The van der Waals surface area contributed by atoms with Gasteiger partial charge in [-0.25, -0.2) is 0 Å². The van der Waals surface area contributed by atoms with Crippen molar-refractivity contribution in [3.63, 3.8) is 0 Å². The summed E-state index contributed by atoms with van der Waals surface area (Å²) in [5, 5.41) is 8.29. The first-order valence-electron chi connectivity index (χ1n) is 3.95. The second kappa shape index (κ2) is 4.07. The Bertz CT molecular complexity index is 210. The highest BCUT2D eigenvalue weighted by atomic mass is 16.5. The maximum Gasteiger partial charge on any atom is 0.236 e. The van der Waals surface area contributed by atoms with Gasteiger partial charge in [0.05, 0.1) is 12.2 Å². The fourth-order valence-electron chi connectivity index (χ4n) is 1.33. The molecule has 0 unspecified atom stereocenters. The van der Waals surface area contributed by atoms with Gasteiger partial charge in [0, 0.05) is 20.2 Å². The van der Waals surface area contributed by atoms with Crippen LogP contribution >= 0.6 is 0 Å². The summed E-state index contributed by atoms with van der Waals surface area (Å²) < 4.78 is 5.09. The Morgan fingerprint density at radius 1 is 1.83 bits per heavy atom. The standard InChI is InChI=1S/C8H12N2O2/c1-12-7-3-5-10(6-7)8(11)2-4-9/h7H,2-3,5-6H2,1H3/t7-/m0/s1. The number of rotatable bonds is 2. The molecule has 1 fully saturated rings. The molecule has 0 saturated carbocycles. The van der Waals surface area contributed by atoms with Gasteiger partial charge in [0.1, 0.15) is 6.42 Å². The summed E-state index contributed by atoms with van der Waals surface area (Å²) in [5.41, 5.74) is 0. The lowest BCUT2D eigenvalue weighted by Gasteiger charge is -2.13. The molecule has 0 aromatic heterocycles. The van der Waals surface area contributed by atoms with Crippen LogP contribution in [0.1, 0.15) is 12.8 Å². The number of amides is 1. The Kier molecular flexibility index (Phi) is 3.06. The van der Waals surface area contributed by atoms with E-state index in [4.69, 9.17) is 10.00 Å². The first-order chi connectivity index (χ1) is 5.77. The topological polar surface area (TPSA) is 53.3 Å². The molecule has 4 heteroatoms. The predicted molar refractivity (Wildman–Crippen MR) is 42.2 cm³/mol. The van der Waals surface area contributed by atoms with Crippen molar-refractivity contribution < 1.29 is 9.53 Å². The van der Waals surface area contributed by atoms with Gasteiger partial charge in [-0.2, -0.15) is 5.26 Å². The molecule has 1 heterocycles. The number of ether oxygens (including phenoxy) is 1. The van der Waals surface area contributed by atoms with Crippen molar-refractivity contribution >= 4 is 5.91 Å². The average Bonchev–Trinajstić information content (AvgIpc) is 2.52. The van der Waals surface area contributed by atoms with Gasteiger partial charge < -0.3 is 9.64 Å². The molecule has 0 spiro atoms. The highest BCUT2D eigenvalue weighted by Gasteiger charge is 2.25. The van der Waals surface area contributed by atoms with E-state index < -0.39 is 0 Å². The van der Waals surface area contributed by atoms with Crippen molar-refractivity contribution in [2.45, 2.75) is 18.9 Å². The van der Waals surface area contributed by atoms with Crippen molar-refractivity contribution in [3.05, 3.63) is 0 Å². The predicted octanol–water partition coefficient (Wildman–Crippen LogP) is 0.147. The summed E-state index contributed by atoms with van der Waals surface area (Å²) in [6.07, 6.45) is 1.03. The first-order valence-corrected chi connectivity index (χ1v) is 3.95. The van der Waals surface area contributed by atoms with Crippen LogP contribution in [0.3, 0.4) is 0 Å². The third-order valence-electron chi connectivity index (χ3n) is 2.06. The van der Waals surface area contributed by atoms with Crippen molar-refractivity contribution in [2.24, 2.45) is 0 Å². The summed E-state index contributed by atoms with van der Waals surface area (Å²) in [4.78, 5) is 12.8. The molecule has 1 aliphatic rings. The highest BCUT2D eigenvalue weighted by molar-refractivity contribution is 5.78. The number of nitriles is 1. The van der Waals surface area contributed by atoms with E-state index >= 15 is 0 Å².